The first-order valence-corrected chi connectivity index (χ1v) is 6.40. The molecule has 0 unspecified atom stereocenters. The maximum Gasteiger partial charge on any atom is 0.242 e. The van der Waals surface area contributed by atoms with Crippen LogP contribution in [0.4, 0.5) is 0 Å². The number of rotatable bonds is 3. The van der Waals surface area contributed by atoms with Gasteiger partial charge in [-0.15, -0.1) is 0 Å². The maximum atomic E-state index is 12.2. The zero-order valence-corrected chi connectivity index (χ0v) is 11.1. The second-order valence-electron chi connectivity index (χ2n) is 4.88. The third-order valence-corrected chi connectivity index (χ3v) is 3.49. The second-order valence-corrected chi connectivity index (χ2v) is 4.88. The molecule has 1 aliphatic rings. The number of aliphatic hydroxyl groups excluding tert-OH is 1. The fourth-order valence-electron chi connectivity index (χ4n) is 2.14. The van der Waals surface area contributed by atoms with E-state index in [-0.39, 0.29) is 13.3 Å². The summed E-state index contributed by atoms with van der Waals surface area (Å²) >= 11 is 0. The minimum atomic E-state index is -0.991. The standard InChI is InChI=1S/C13H20N4O2.CH4/c1-16-6-8-17(9-7-16)13(19)11(14)12(18)10-2-4-15-5-3-10;/h2-5,11-12,18H,6-9,14H2,1H3;1H4/t11-,12+;/m1./s1. The number of aromatic nitrogens is 1. The topological polar surface area (TPSA) is 82.7 Å². The van der Waals surface area contributed by atoms with Crippen LogP contribution in [0.15, 0.2) is 24.5 Å². The molecule has 1 saturated heterocycles. The van der Waals surface area contributed by atoms with Gasteiger partial charge in [-0.2, -0.15) is 0 Å². The van der Waals surface area contributed by atoms with Crippen molar-refractivity contribution in [2.75, 3.05) is 33.2 Å². The molecule has 0 saturated carbocycles. The van der Waals surface area contributed by atoms with E-state index in [4.69, 9.17) is 5.73 Å². The first-order valence-electron chi connectivity index (χ1n) is 6.40. The van der Waals surface area contributed by atoms with E-state index in [9.17, 15) is 9.90 Å². The number of carbonyl (C=O) groups excluding carboxylic acids is 1. The Morgan fingerprint density at radius 3 is 2.40 bits per heavy atom. The van der Waals surface area contributed by atoms with E-state index in [2.05, 4.69) is 9.88 Å². The third kappa shape index (κ3) is 3.75. The zero-order chi connectivity index (χ0) is 13.8. The van der Waals surface area contributed by atoms with Gasteiger partial charge < -0.3 is 20.6 Å². The van der Waals surface area contributed by atoms with Gasteiger partial charge in [0.1, 0.15) is 12.1 Å². The second kappa shape index (κ2) is 7.33. The zero-order valence-electron chi connectivity index (χ0n) is 11.1. The van der Waals surface area contributed by atoms with E-state index >= 15 is 0 Å². The lowest BCUT2D eigenvalue weighted by Gasteiger charge is -2.34. The van der Waals surface area contributed by atoms with Crippen molar-refractivity contribution < 1.29 is 9.90 Å². The number of hydrogen-bond donors (Lipinski definition) is 2. The Balaban J connectivity index is 0.00000200. The Hall–Kier alpha value is -1.50. The molecule has 1 aliphatic heterocycles. The van der Waals surface area contributed by atoms with Crippen molar-refractivity contribution >= 4 is 5.91 Å². The van der Waals surface area contributed by atoms with E-state index in [1.54, 1.807) is 29.4 Å². The monoisotopic (exact) mass is 280 g/mol. The normalized spacial score (nSPS) is 19.1. The molecule has 3 N–H and O–H groups in total. The van der Waals surface area contributed by atoms with Crippen molar-refractivity contribution in [2.24, 2.45) is 5.73 Å². The SMILES string of the molecule is C.CN1CCN(C(=O)[C@H](N)[C@@H](O)c2ccncc2)CC1. The molecule has 6 heteroatoms. The molecule has 0 aromatic carbocycles. The molecular weight excluding hydrogens is 256 g/mol. The summed E-state index contributed by atoms with van der Waals surface area (Å²) in [6.07, 6.45) is 2.16. The maximum absolute atomic E-state index is 12.2. The largest absolute Gasteiger partial charge is 0.386 e. The van der Waals surface area contributed by atoms with Gasteiger partial charge in [-0.1, -0.05) is 7.43 Å². The van der Waals surface area contributed by atoms with Crippen LogP contribution in [0.2, 0.25) is 0 Å². The highest BCUT2D eigenvalue weighted by Crippen LogP contribution is 2.16. The van der Waals surface area contributed by atoms with Gasteiger partial charge in [-0.05, 0) is 24.7 Å². The molecule has 6 nitrogen and oxygen atoms in total. The van der Waals surface area contributed by atoms with E-state index in [1.165, 1.54) is 0 Å². The fourth-order valence-corrected chi connectivity index (χ4v) is 2.14. The van der Waals surface area contributed by atoms with Crippen LogP contribution in [-0.2, 0) is 4.79 Å². The van der Waals surface area contributed by atoms with E-state index in [0.29, 0.717) is 18.7 Å². The molecule has 0 radical (unpaired) electrons. The summed E-state index contributed by atoms with van der Waals surface area (Å²) in [5.74, 6) is -0.197. The Morgan fingerprint density at radius 2 is 1.85 bits per heavy atom. The molecule has 1 aromatic rings. The van der Waals surface area contributed by atoms with E-state index in [0.717, 1.165) is 13.1 Å². The van der Waals surface area contributed by atoms with Crippen molar-refractivity contribution in [3.8, 4) is 0 Å². The van der Waals surface area contributed by atoms with Gasteiger partial charge in [0.2, 0.25) is 5.91 Å². The third-order valence-electron chi connectivity index (χ3n) is 3.49. The smallest absolute Gasteiger partial charge is 0.242 e. The van der Waals surface area contributed by atoms with E-state index < -0.39 is 12.1 Å². The van der Waals surface area contributed by atoms with Gasteiger partial charge >= 0.3 is 0 Å². The average molecular weight is 280 g/mol. The number of carbonyl (C=O) groups is 1. The van der Waals surface area contributed by atoms with Crippen LogP contribution in [0.1, 0.15) is 19.1 Å². The van der Waals surface area contributed by atoms with Crippen molar-refractivity contribution in [3.05, 3.63) is 30.1 Å². The minimum Gasteiger partial charge on any atom is -0.386 e. The molecule has 0 spiro atoms. The summed E-state index contributed by atoms with van der Waals surface area (Å²) in [5.41, 5.74) is 6.50. The Bertz CT molecular complexity index is 418. The van der Waals surface area contributed by atoms with Crippen LogP contribution in [0.5, 0.6) is 0 Å². The molecule has 0 bridgehead atoms. The van der Waals surface area contributed by atoms with Crippen LogP contribution in [-0.4, -0.2) is 65.1 Å². The van der Waals surface area contributed by atoms with E-state index in [1.807, 2.05) is 7.05 Å². The highest BCUT2D eigenvalue weighted by molar-refractivity contribution is 5.82. The summed E-state index contributed by atoms with van der Waals surface area (Å²) in [4.78, 5) is 20.0. The molecular formula is C14H24N4O2. The number of amides is 1. The van der Waals surface area contributed by atoms with Gasteiger partial charge in [0.15, 0.2) is 0 Å². The van der Waals surface area contributed by atoms with Gasteiger partial charge in [-0.3, -0.25) is 9.78 Å². The molecule has 1 fully saturated rings. The Kier molecular flexibility index (Phi) is 6.06. The average Bonchev–Trinajstić information content (AvgIpc) is 2.46. The molecule has 2 rings (SSSR count). The summed E-state index contributed by atoms with van der Waals surface area (Å²) in [7, 11) is 2.02. The predicted molar refractivity (Wildman–Crippen MR) is 78.0 cm³/mol. The molecule has 20 heavy (non-hydrogen) atoms. The van der Waals surface area contributed by atoms with Crippen molar-refractivity contribution in [3.63, 3.8) is 0 Å². The quantitative estimate of drug-likeness (QED) is 0.805. The van der Waals surface area contributed by atoms with Gasteiger partial charge in [0, 0.05) is 38.6 Å². The van der Waals surface area contributed by atoms with Crippen LogP contribution >= 0.6 is 0 Å². The predicted octanol–water partition coefficient (Wildman–Crippen LogP) is -0.148. The van der Waals surface area contributed by atoms with Crippen LogP contribution in [0.25, 0.3) is 0 Å². The van der Waals surface area contributed by atoms with Crippen molar-refractivity contribution in [1.82, 2.24) is 14.8 Å². The fraction of sp³-hybridized carbons (Fsp3) is 0.571. The number of hydrogen-bond acceptors (Lipinski definition) is 5. The number of piperazine rings is 1. The summed E-state index contributed by atoms with van der Waals surface area (Å²) in [6.45, 7) is 2.99. The number of likely N-dealkylation sites (N-methyl/N-ethyl adjacent to an activating group) is 1. The molecule has 2 heterocycles. The number of aliphatic hydroxyl groups is 1. The van der Waals surface area contributed by atoms with Crippen LogP contribution in [0, 0.1) is 0 Å². The summed E-state index contributed by atoms with van der Waals surface area (Å²) in [6, 6.07) is 2.41. The lowest BCUT2D eigenvalue weighted by molar-refractivity contribution is -0.136. The first-order chi connectivity index (χ1) is 9.09. The lowest BCUT2D eigenvalue weighted by atomic mass is 10.0. The number of nitrogens with two attached hydrogens (primary N) is 1. The van der Waals surface area contributed by atoms with Gasteiger partial charge in [0.05, 0.1) is 0 Å². The minimum absolute atomic E-state index is 0. The molecule has 0 aliphatic carbocycles. The number of pyridine rings is 1. The van der Waals surface area contributed by atoms with Crippen LogP contribution in [0.3, 0.4) is 0 Å². The molecule has 1 amide bonds. The van der Waals surface area contributed by atoms with Gasteiger partial charge in [0.25, 0.3) is 0 Å². The first kappa shape index (κ1) is 16.6. The molecule has 2 atom stereocenters. The summed E-state index contributed by atoms with van der Waals surface area (Å²) < 4.78 is 0. The highest BCUT2D eigenvalue weighted by Gasteiger charge is 2.29. The van der Waals surface area contributed by atoms with Crippen molar-refractivity contribution in [2.45, 2.75) is 19.6 Å². The van der Waals surface area contributed by atoms with Crippen molar-refractivity contribution in [1.29, 1.82) is 0 Å². The highest BCUT2D eigenvalue weighted by atomic mass is 16.3. The lowest BCUT2D eigenvalue weighted by Crippen LogP contribution is -2.53. The molecule has 1 aromatic heterocycles. The summed E-state index contributed by atoms with van der Waals surface area (Å²) in [5, 5.41) is 10.1. The number of nitrogens with zero attached hydrogens (tertiary/aromatic N) is 3. The Labute approximate surface area is 120 Å². The van der Waals surface area contributed by atoms with Gasteiger partial charge in [-0.25, -0.2) is 0 Å². The van der Waals surface area contributed by atoms with Crippen LogP contribution < -0.4 is 5.73 Å². The molecule has 112 valence electrons. The Morgan fingerprint density at radius 1 is 1.30 bits per heavy atom.